The van der Waals surface area contributed by atoms with E-state index in [0.29, 0.717) is 29.6 Å². The number of fused-ring (bicyclic) bond motifs is 3. The summed E-state index contributed by atoms with van der Waals surface area (Å²) < 4.78 is 0. The largest absolute Gasteiger partial charge is 0.478 e. The first-order valence-corrected chi connectivity index (χ1v) is 14.3. The molecule has 0 aromatic heterocycles. The van der Waals surface area contributed by atoms with Crippen molar-refractivity contribution in [3.63, 3.8) is 0 Å². The highest BCUT2D eigenvalue weighted by Crippen LogP contribution is 2.35. The average Bonchev–Trinajstić information content (AvgIpc) is 3.58. The van der Waals surface area contributed by atoms with Gasteiger partial charge in [0.15, 0.2) is 5.78 Å². The molecule has 0 saturated heterocycles. The molecule has 0 spiro atoms. The number of carbonyl (C=O) groups excluding carboxylic acids is 1. The summed E-state index contributed by atoms with van der Waals surface area (Å²) in [4.78, 5) is 22.5. The standard InChI is InChI=1S/C16H20O.C9H10.C7H12O2.C2H6/c1-10(2)6-14-8-13-7-11-4-3-5-12(11)9-15(13)16(14)17;1-2-5-9-7-3-6-8(9)4-1;1-5(2)4-6(3)7(8)9;1-2/h7,9-10,14H,3-6,8H2,1-2H3;1-2,4-5H,3,6-7H2;5H,3-4H2,1-2H3,(H,8,9);1-2H3. The van der Waals surface area contributed by atoms with E-state index in [4.69, 9.17) is 5.11 Å². The minimum atomic E-state index is -0.885. The van der Waals surface area contributed by atoms with Gasteiger partial charge in [-0.2, -0.15) is 0 Å². The van der Waals surface area contributed by atoms with Crippen LogP contribution in [0.15, 0.2) is 48.6 Å². The van der Waals surface area contributed by atoms with Crippen LogP contribution in [0.4, 0.5) is 0 Å². The van der Waals surface area contributed by atoms with E-state index in [9.17, 15) is 9.59 Å². The molecule has 0 aliphatic heterocycles. The predicted octanol–water partition coefficient (Wildman–Crippen LogP) is 8.45. The highest BCUT2D eigenvalue weighted by atomic mass is 16.4. The van der Waals surface area contributed by atoms with E-state index >= 15 is 0 Å². The van der Waals surface area contributed by atoms with Crippen LogP contribution in [0.3, 0.4) is 0 Å². The number of benzene rings is 2. The molecule has 1 unspecified atom stereocenters. The predicted molar refractivity (Wildman–Crippen MR) is 155 cm³/mol. The monoisotopic (exact) mass is 504 g/mol. The average molecular weight is 505 g/mol. The molecule has 202 valence electrons. The zero-order chi connectivity index (χ0) is 27.5. The molecule has 3 aliphatic carbocycles. The lowest BCUT2D eigenvalue weighted by molar-refractivity contribution is -0.132. The van der Waals surface area contributed by atoms with Crippen molar-refractivity contribution in [2.75, 3.05) is 0 Å². The number of Topliss-reactive ketones (excluding diaryl/α,β-unsaturated/α-hetero) is 1. The fourth-order valence-electron chi connectivity index (χ4n) is 5.51. The van der Waals surface area contributed by atoms with Crippen LogP contribution >= 0.6 is 0 Å². The third-order valence-electron chi connectivity index (χ3n) is 7.14. The molecule has 0 amide bonds. The fourth-order valence-corrected chi connectivity index (χ4v) is 5.51. The van der Waals surface area contributed by atoms with Crippen LogP contribution in [-0.2, 0) is 36.9 Å². The quantitative estimate of drug-likeness (QED) is 0.416. The van der Waals surface area contributed by atoms with E-state index < -0.39 is 5.97 Å². The first kappa shape index (κ1) is 30.5. The molecule has 0 heterocycles. The summed E-state index contributed by atoms with van der Waals surface area (Å²) in [5.74, 6) is 0.776. The Hall–Kier alpha value is -2.68. The van der Waals surface area contributed by atoms with E-state index in [-0.39, 0.29) is 5.92 Å². The number of carboxylic acid groups (broad SMARTS) is 1. The van der Waals surface area contributed by atoms with Gasteiger partial charge in [-0.1, -0.05) is 78.5 Å². The van der Waals surface area contributed by atoms with E-state index in [2.05, 4.69) is 56.8 Å². The van der Waals surface area contributed by atoms with Crippen LogP contribution < -0.4 is 0 Å². The molecule has 0 radical (unpaired) electrons. The Kier molecular flexibility index (Phi) is 12.3. The van der Waals surface area contributed by atoms with Gasteiger partial charge in [0.25, 0.3) is 0 Å². The smallest absolute Gasteiger partial charge is 0.330 e. The highest BCUT2D eigenvalue weighted by Gasteiger charge is 2.32. The number of hydrogen-bond donors (Lipinski definition) is 1. The van der Waals surface area contributed by atoms with Crippen LogP contribution in [-0.4, -0.2) is 16.9 Å². The Morgan fingerprint density at radius 3 is 1.84 bits per heavy atom. The normalized spacial score (nSPS) is 16.4. The lowest BCUT2D eigenvalue weighted by Gasteiger charge is -2.09. The third-order valence-corrected chi connectivity index (χ3v) is 7.14. The van der Waals surface area contributed by atoms with Crippen LogP contribution in [0.2, 0.25) is 0 Å². The molecule has 1 N–H and O–H groups in total. The molecule has 37 heavy (non-hydrogen) atoms. The van der Waals surface area contributed by atoms with Crippen LogP contribution in [0.1, 0.15) is 105 Å². The number of ketones is 1. The minimum Gasteiger partial charge on any atom is -0.478 e. The van der Waals surface area contributed by atoms with Crippen LogP contribution in [0.5, 0.6) is 0 Å². The third kappa shape index (κ3) is 8.98. The van der Waals surface area contributed by atoms with Gasteiger partial charge < -0.3 is 5.11 Å². The van der Waals surface area contributed by atoms with E-state index in [1.165, 1.54) is 55.2 Å². The molecular formula is C34H48O3. The molecule has 2 aromatic rings. The second-order valence-electron chi connectivity index (χ2n) is 11.2. The molecule has 3 heteroatoms. The Morgan fingerprint density at radius 1 is 0.865 bits per heavy atom. The van der Waals surface area contributed by atoms with Gasteiger partial charge in [0.1, 0.15) is 0 Å². The van der Waals surface area contributed by atoms with Crippen molar-refractivity contribution >= 4 is 11.8 Å². The second-order valence-corrected chi connectivity index (χ2v) is 11.2. The molecule has 0 bridgehead atoms. The number of carboxylic acids is 1. The molecule has 0 saturated carbocycles. The van der Waals surface area contributed by atoms with Gasteiger partial charge >= 0.3 is 5.97 Å². The number of hydrogen-bond acceptors (Lipinski definition) is 2. The molecular weight excluding hydrogens is 456 g/mol. The maximum Gasteiger partial charge on any atom is 0.330 e. The SMILES string of the molecule is C=C(CC(C)C)C(=O)O.CC.CC(C)CC1Cc2cc3c(cc2C1=O)CCC3.c1ccc2c(c1)CCC2. The summed E-state index contributed by atoms with van der Waals surface area (Å²) in [6.07, 6.45) is 10.2. The topological polar surface area (TPSA) is 54.4 Å². The second kappa shape index (κ2) is 14.9. The summed E-state index contributed by atoms with van der Waals surface area (Å²) in [7, 11) is 0. The number of aryl methyl sites for hydroxylation is 4. The summed E-state index contributed by atoms with van der Waals surface area (Å²) in [5.41, 5.74) is 8.72. The zero-order valence-corrected chi connectivity index (χ0v) is 24.0. The Balaban J connectivity index is 0.000000205. The van der Waals surface area contributed by atoms with Crippen molar-refractivity contribution in [2.24, 2.45) is 17.8 Å². The van der Waals surface area contributed by atoms with Crippen molar-refractivity contribution in [3.8, 4) is 0 Å². The Bertz CT molecular complexity index is 1040. The minimum absolute atomic E-state index is 0.257. The van der Waals surface area contributed by atoms with Gasteiger partial charge in [0.2, 0.25) is 0 Å². The molecule has 1 atom stereocenters. The van der Waals surface area contributed by atoms with Crippen molar-refractivity contribution in [3.05, 3.63) is 81.9 Å². The number of rotatable bonds is 5. The summed E-state index contributed by atoms with van der Waals surface area (Å²) in [6.45, 7) is 15.7. The molecule has 3 aliphatic rings. The highest BCUT2D eigenvalue weighted by molar-refractivity contribution is 6.02. The Labute approximate surface area is 225 Å². The number of carbonyl (C=O) groups is 2. The van der Waals surface area contributed by atoms with Gasteiger partial charge in [-0.05, 0) is 104 Å². The van der Waals surface area contributed by atoms with Gasteiger partial charge in [-0.25, -0.2) is 4.79 Å². The van der Waals surface area contributed by atoms with Gasteiger partial charge in [0.05, 0.1) is 0 Å². The summed E-state index contributed by atoms with van der Waals surface area (Å²) >= 11 is 0. The van der Waals surface area contributed by atoms with Gasteiger partial charge in [0, 0.05) is 17.1 Å². The van der Waals surface area contributed by atoms with Gasteiger partial charge in [-0.15, -0.1) is 0 Å². The molecule has 3 nitrogen and oxygen atoms in total. The molecule has 0 fully saturated rings. The first-order chi connectivity index (χ1) is 17.7. The van der Waals surface area contributed by atoms with E-state index in [1.54, 1.807) is 11.1 Å². The van der Waals surface area contributed by atoms with Crippen molar-refractivity contribution < 1.29 is 14.7 Å². The number of aliphatic carboxylic acids is 1. The summed E-state index contributed by atoms with van der Waals surface area (Å²) in [5, 5.41) is 8.33. The molecule has 5 rings (SSSR count). The van der Waals surface area contributed by atoms with Crippen molar-refractivity contribution in [1.29, 1.82) is 0 Å². The molecule has 2 aromatic carbocycles. The van der Waals surface area contributed by atoms with E-state index in [0.717, 1.165) is 18.4 Å². The Morgan fingerprint density at radius 2 is 1.38 bits per heavy atom. The lowest BCUT2D eigenvalue weighted by atomic mass is 9.94. The van der Waals surface area contributed by atoms with Crippen molar-refractivity contribution in [1.82, 2.24) is 0 Å². The lowest BCUT2D eigenvalue weighted by Crippen LogP contribution is -2.11. The maximum absolute atomic E-state index is 12.3. The van der Waals surface area contributed by atoms with Crippen LogP contribution in [0.25, 0.3) is 0 Å². The first-order valence-electron chi connectivity index (χ1n) is 14.3. The maximum atomic E-state index is 12.3. The summed E-state index contributed by atoms with van der Waals surface area (Å²) in [6, 6.07) is 13.2. The van der Waals surface area contributed by atoms with Gasteiger partial charge in [-0.3, -0.25) is 4.79 Å². The fraction of sp³-hybridized carbons (Fsp3) is 0.529. The van der Waals surface area contributed by atoms with E-state index in [1.807, 2.05) is 27.7 Å². The van der Waals surface area contributed by atoms with Crippen molar-refractivity contribution in [2.45, 2.75) is 99.3 Å². The zero-order valence-electron chi connectivity index (χ0n) is 24.0. The van der Waals surface area contributed by atoms with Crippen LogP contribution in [0, 0.1) is 17.8 Å².